The van der Waals surface area contributed by atoms with Crippen molar-refractivity contribution in [3.8, 4) is 0 Å². The minimum atomic E-state index is 0.0333. The number of aromatic nitrogens is 1. The summed E-state index contributed by atoms with van der Waals surface area (Å²) in [5.41, 5.74) is 0.867. The van der Waals surface area contributed by atoms with E-state index in [0.717, 1.165) is 11.5 Å². The van der Waals surface area contributed by atoms with Gasteiger partial charge in [-0.05, 0) is 13.8 Å². The van der Waals surface area contributed by atoms with Crippen LogP contribution >= 0.6 is 11.8 Å². The van der Waals surface area contributed by atoms with Crippen molar-refractivity contribution in [1.29, 1.82) is 0 Å². The van der Waals surface area contributed by atoms with Gasteiger partial charge in [-0.25, -0.2) is 4.98 Å². The lowest BCUT2D eigenvalue weighted by molar-refractivity contribution is -0.120. The number of ether oxygens (including phenoxy) is 1. The molecule has 0 spiro atoms. The number of carbonyl (C=O) groups excluding carboxylic acids is 1. The van der Waals surface area contributed by atoms with Gasteiger partial charge >= 0.3 is 0 Å². The number of hydrogen-bond donors (Lipinski definition) is 0. The van der Waals surface area contributed by atoms with Gasteiger partial charge in [-0.15, -0.1) is 0 Å². The van der Waals surface area contributed by atoms with E-state index >= 15 is 0 Å². The van der Waals surface area contributed by atoms with Crippen molar-refractivity contribution in [2.24, 2.45) is 0 Å². The highest BCUT2D eigenvalue weighted by Gasteiger charge is 2.08. The number of thioether (sulfide) groups is 1. The zero-order valence-corrected chi connectivity index (χ0v) is 9.31. The van der Waals surface area contributed by atoms with Crippen LogP contribution < -0.4 is 0 Å². The van der Waals surface area contributed by atoms with Gasteiger partial charge in [-0.2, -0.15) is 0 Å². The molecule has 0 atom stereocenters. The van der Waals surface area contributed by atoms with Crippen LogP contribution in [-0.4, -0.2) is 30.2 Å². The minimum Gasteiger partial charge on any atom is -0.437 e. The average Bonchev–Trinajstić information content (AvgIpc) is 2.44. The van der Waals surface area contributed by atoms with Gasteiger partial charge in [0.1, 0.15) is 12.4 Å². The summed E-state index contributed by atoms with van der Waals surface area (Å²) in [6, 6.07) is 0. The molecule has 14 heavy (non-hydrogen) atoms. The summed E-state index contributed by atoms with van der Waals surface area (Å²) in [7, 11) is 1.50. The quantitative estimate of drug-likeness (QED) is 0.698. The number of aryl methyl sites for hydroxylation is 2. The van der Waals surface area contributed by atoms with E-state index in [4.69, 9.17) is 9.15 Å². The first-order chi connectivity index (χ1) is 6.63. The summed E-state index contributed by atoms with van der Waals surface area (Å²) in [5.74, 6) is 1.17. The Morgan fingerprint density at radius 2 is 2.29 bits per heavy atom. The summed E-state index contributed by atoms with van der Waals surface area (Å²) in [6.07, 6.45) is 0. The number of nitrogens with zero attached hydrogens (tertiary/aromatic N) is 1. The molecule has 0 saturated carbocycles. The number of hydrogen-bond acceptors (Lipinski definition) is 5. The molecule has 4 nitrogen and oxygen atoms in total. The van der Waals surface area contributed by atoms with E-state index in [9.17, 15) is 4.79 Å². The fourth-order valence-electron chi connectivity index (χ4n) is 0.850. The fourth-order valence-corrected chi connectivity index (χ4v) is 1.60. The Kier molecular flexibility index (Phi) is 4.16. The van der Waals surface area contributed by atoms with Crippen molar-refractivity contribution in [2.45, 2.75) is 19.1 Å². The first-order valence-electron chi connectivity index (χ1n) is 4.21. The molecule has 78 valence electrons. The normalized spacial score (nSPS) is 10.5. The standard InChI is InChI=1S/C9H13NO3S/c1-6-7(2)13-9(10-6)14-5-8(11)4-12-3/h4-5H2,1-3H3. The van der Waals surface area contributed by atoms with Crippen molar-refractivity contribution in [2.75, 3.05) is 19.5 Å². The van der Waals surface area contributed by atoms with Crippen molar-refractivity contribution >= 4 is 17.5 Å². The van der Waals surface area contributed by atoms with E-state index in [0.29, 0.717) is 11.0 Å². The van der Waals surface area contributed by atoms with Crippen LogP contribution in [0.3, 0.4) is 0 Å². The second kappa shape index (κ2) is 5.17. The second-order valence-electron chi connectivity index (χ2n) is 2.88. The van der Waals surface area contributed by atoms with Crippen LogP contribution in [0.4, 0.5) is 0 Å². The molecule has 0 aliphatic carbocycles. The number of Topliss-reactive ketones (excluding diaryl/α,β-unsaturated/α-hetero) is 1. The molecule has 0 unspecified atom stereocenters. The van der Waals surface area contributed by atoms with Gasteiger partial charge in [-0.3, -0.25) is 4.79 Å². The molecule has 5 heteroatoms. The number of ketones is 1. The zero-order valence-electron chi connectivity index (χ0n) is 8.49. The molecule has 1 rings (SSSR count). The topological polar surface area (TPSA) is 52.3 Å². The van der Waals surface area contributed by atoms with E-state index in [2.05, 4.69) is 4.98 Å². The average molecular weight is 215 g/mol. The molecule has 0 amide bonds. The Hall–Kier alpha value is -0.810. The van der Waals surface area contributed by atoms with E-state index < -0.39 is 0 Å². The third-order valence-electron chi connectivity index (χ3n) is 1.67. The lowest BCUT2D eigenvalue weighted by atomic mass is 10.4. The Morgan fingerprint density at radius 3 is 2.79 bits per heavy atom. The molecule has 0 aromatic carbocycles. The molecule has 0 aliphatic rings. The van der Waals surface area contributed by atoms with Crippen LogP contribution in [0.15, 0.2) is 9.64 Å². The van der Waals surface area contributed by atoms with Crippen molar-refractivity contribution < 1.29 is 13.9 Å². The second-order valence-corrected chi connectivity index (χ2v) is 3.81. The van der Waals surface area contributed by atoms with Crippen LogP contribution in [0, 0.1) is 13.8 Å². The number of methoxy groups -OCH3 is 1. The molecule has 0 N–H and O–H groups in total. The summed E-state index contributed by atoms with van der Waals surface area (Å²) in [4.78, 5) is 15.2. The maximum absolute atomic E-state index is 11.1. The van der Waals surface area contributed by atoms with Crippen molar-refractivity contribution in [3.63, 3.8) is 0 Å². The SMILES string of the molecule is COCC(=O)CSc1nc(C)c(C)o1. The Balaban J connectivity index is 2.42. The predicted molar refractivity (Wildman–Crippen MR) is 53.6 cm³/mol. The van der Waals surface area contributed by atoms with Crippen molar-refractivity contribution in [3.05, 3.63) is 11.5 Å². The third-order valence-corrected chi connectivity index (χ3v) is 2.56. The molecule has 1 heterocycles. The molecule has 0 fully saturated rings. The van der Waals surface area contributed by atoms with Gasteiger partial charge in [0, 0.05) is 7.11 Å². The van der Waals surface area contributed by atoms with Gasteiger partial charge < -0.3 is 9.15 Å². The van der Waals surface area contributed by atoms with Crippen LogP contribution in [0.1, 0.15) is 11.5 Å². The maximum atomic E-state index is 11.1. The summed E-state index contributed by atoms with van der Waals surface area (Å²) < 4.78 is 10.0. The summed E-state index contributed by atoms with van der Waals surface area (Å²) in [6.45, 7) is 3.87. The molecule has 0 radical (unpaired) electrons. The first-order valence-corrected chi connectivity index (χ1v) is 5.19. The number of carbonyl (C=O) groups is 1. The van der Waals surface area contributed by atoms with Crippen LogP contribution in [-0.2, 0) is 9.53 Å². The lowest BCUT2D eigenvalue weighted by Crippen LogP contribution is -2.08. The number of oxazole rings is 1. The highest BCUT2D eigenvalue weighted by Crippen LogP contribution is 2.19. The summed E-state index contributed by atoms with van der Waals surface area (Å²) in [5, 5.41) is 0.546. The first kappa shape index (κ1) is 11.3. The third kappa shape index (κ3) is 3.16. The largest absolute Gasteiger partial charge is 0.437 e. The molecule has 0 saturated heterocycles. The lowest BCUT2D eigenvalue weighted by Gasteiger charge is -1.95. The zero-order chi connectivity index (χ0) is 10.6. The van der Waals surface area contributed by atoms with Crippen LogP contribution in [0.5, 0.6) is 0 Å². The van der Waals surface area contributed by atoms with Gasteiger partial charge in [-0.1, -0.05) is 11.8 Å². The van der Waals surface area contributed by atoms with Gasteiger partial charge in [0.2, 0.25) is 0 Å². The predicted octanol–water partition coefficient (Wildman–Crippen LogP) is 1.60. The molecular weight excluding hydrogens is 202 g/mol. The Labute approximate surface area is 87.0 Å². The van der Waals surface area contributed by atoms with E-state index in [1.165, 1.54) is 18.9 Å². The molecule has 0 bridgehead atoms. The van der Waals surface area contributed by atoms with E-state index in [1.54, 1.807) is 0 Å². The number of rotatable bonds is 5. The van der Waals surface area contributed by atoms with Gasteiger partial charge in [0.15, 0.2) is 5.78 Å². The summed E-state index contributed by atoms with van der Waals surface area (Å²) >= 11 is 1.30. The van der Waals surface area contributed by atoms with E-state index in [-0.39, 0.29) is 12.4 Å². The molecule has 0 aliphatic heterocycles. The monoisotopic (exact) mass is 215 g/mol. The van der Waals surface area contributed by atoms with E-state index in [1.807, 2.05) is 13.8 Å². The fraction of sp³-hybridized carbons (Fsp3) is 0.556. The highest BCUT2D eigenvalue weighted by atomic mass is 32.2. The van der Waals surface area contributed by atoms with Gasteiger partial charge in [0.25, 0.3) is 5.22 Å². The molecule has 1 aromatic rings. The van der Waals surface area contributed by atoms with Crippen LogP contribution in [0.25, 0.3) is 0 Å². The van der Waals surface area contributed by atoms with Crippen molar-refractivity contribution in [1.82, 2.24) is 4.98 Å². The molecule has 1 aromatic heterocycles. The smallest absolute Gasteiger partial charge is 0.256 e. The highest BCUT2D eigenvalue weighted by molar-refractivity contribution is 7.99. The molecular formula is C9H13NO3S. The minimum absolute atomic E-state index is 0.0333. The Morgan fingerprint density at radius 1 is 1.57 bits per heavy atom. The van der Waals surface area contributed by atoms with Crippen LogP contribution in [0.2, 0.25) is 0 Å². The maximum Gasteiger partial charge on any atom is 0.256 e. The van der Waals surface area contributed by atoms with Gasteiger partial charge in [0.05, 0.1) is 11.4 Å². The Bertz CT molecular complexity index is 302.